The van der Waals surface area contributed by atoms with Crippen LogP contribution in [0.4, 0.5) is 0 Å². The van der Waals surface area contributed by atoms with Gasteiger partial charge in [0.2, 0.25) is 0 Å². The van der Waals surface area contributed by atoms with Crippen molar-refractivity contribution in [2.45, 2.75) is 44.7 Å². The van der Waals surface area contributed by atoms with Gasteiger partial charge in [-0.3, -0.25) is 4.98 Å². The van der Waals surface area contributed by atoms with Crippen molar-refractivity contribution < 1.29 is 0 Å². The molecule has 3 rings (SSSR count). The van der Waals surface area contributed by atoms with Crippen LogP contribution in [-0.4, -0.2) is 11.0 Å². The number of nitrogens with zero attached hydrogens (tertiary/aromatic N) is 1. The lowest BCUT2D eigenvalue weighted by atomic mass is 9.94. The zero-order chi connectivity index (χ0) is 11.0. The van der Waals surface area contributed by atoms with Crippen LogP contribution in [0.1, 0.15) is 44.2 Å². The van der Waals surface area contributed by atoms with Crippen LogP contribution in [0.25, 0.3) is 0 Å². The van der Waals surface area contributed by atoms with Gasteiger partial charge >= 0.3 is 0 Å². The molecule has 4 atom stereocenters. The molecule has 0 saturated heterocycles. The largest absolute Gasteiger partial charge is 0.307 e. The molecule has 1 aromatic rings. The summed E-state index contributed by atoms with van der Waals surface area (Å²) in [6.07, 6.45) is 9.57. The van der Waals surface area contributed by atoms with Crippen LogP contribution in [0.15, 0.2) is 24.5 Å². The highest BCUT2D eigenvalue weighted by atomic mass is 15.0. The first-order valence-electron chi connectivity index (χ1n) is 6.49. The fourth-order valence-corrected chi connectivity index (χ4v) is 3.52. The Kier molecular flexibility index (Phi) is 2.68. The maximum atomic E-state index is 4.07. The maximum absolute atomic E-state index is 4.07. The SMILES string of the molecule is CC(NC1CC2CCC1C2)c1ccncc1. The molecule has 2 saturated carbocycles. The summed E-state index contributed by atoms with van der Waals surface area (Å²) in [4.78, 5) is 4.07. The van der Waals surface area contributed by atoms with Crippen LogP contribution < -0.4 is 5.32 Å². The molecular weight excluding hydrogens is 196 g/mol. The van der Waals surface area contributed by atoms with Crippen LogP contribution in [0.5, 0.6) is 0 Å². The zero-order valence-electron chi connectivity index (χ0n) is 9.89. The van der Waals surface area contributed by atoms with E-state index in [-0.39, 0.29) is 0 Å². The van der Waals surface area contributed by atoms with Crippen LogP contribution in [0.2, 0.25) is 0 Å². The number of aromatic nitrogens is 1. The highest BCUT2D eigenvalue weighted by Gasteiger charge is 2.39. The smallest absolute Gasteiger partial charge is 0.0295 e. The quantitative estimate of drug-likeness (QED) is 0.840. The Morgan fingerprint density at radius 3 is 2.69 bits per heavy atom. The maximum Gasteiger partial charge on any atom is 0.0295 e. The molecule has 0 aromatic carbocycles. The summed E-state index contributed by atoms with van der Waals surface area (Å²) in [6, 6.07) is 5.46. The van der Waals surface area contributed by atoms with Crippen molar-refractivity contribution in [2.24, 2.45) is 11.8 Å². The van der Waals surface area contributed by atoms with Gasteiger partial charge in [0.05, 0.1) is 0 Å². The first-order chi connectivity index (χ1) is 7.83. The van der Waals surface area contributed by atoms with Crippen molar-refractivity contribution in [3.8, 4) is 0 Å². The Balaban J connectivity index is 1.63. The van der Waals surface area contributed by atoms with Gasteiger partial charge < -0.3 is 5.32 Å². The Morgan fingerprint density at radius 2 is 2.06 bits per heavy atom. The van der Waals surface area contributed by atoms with Crippen LogP contribution in [0.3, 0.4) is 0 Å². The summed E-state index contributed by atoms with van der Waals surface area (Å²) in [7, 11) is 0. The summed E-state index contributed by atoms with van der Waals surface area (Å²) in [5, 5.41) is 3.80. The molecule has 2 aliphatic carbocycles. The number of nitrogens with one attached hydrogen (secondary N) is 1. The molecule has 0 spiro atoms. The first kappa shape index (κ1) is 10.3. The standard InChI is InChI=1S/C14H20N2/c1-10(12-4-6-15-7-5-12)16-14-9-11-2-3-13(14)8-11/h4-7,10-11,13-14,16H,2-3,8-9H2,1H3. The van der Waals surface area contributed by atoms with Gasteiger partial charge in [-0.2, -0.15) is 0 Å². The van der Waals surface area contributed by atoms with E-state index in [0.717, 1.165) is 17.9 Å². The zero-order valence-corrected chi connectivity index (χ0v) is 9.89. The molecule has 1 heterocycles. The summed E-state index contributed by atoms with van der Waals surface area (Å²) in [6.45, 7) is 2.27. The Bertz CT molecular complexity index is 349. The lowest BCUT2D eigenvalue weighted by Crippen LogP contribution is -2.35. The van der Waals surface area contributed by atoms with E-state index in [4.69, 9.17) is 0 Å². The topological polar surface area (TPSA) is 24.9 Å². The highest BCUT2D eigenvalue weighted by Crippen LogP contribution is 2.45. The fourth-order valence-electron chi connectivity index (χ4n) is 3.52. The first-order valence-corrected chi connectivity index (χ1v) is 6.49. The summed E-state index contributed by atoms with van der Waals surface area (Å²) in [5.74, 6) is 1.97. The van der Waals surface area contributed by atoms with Gasteiger partial charge in [-0.05, 0) is 55.7 Å². The van der Waals surface area contributed by atoms with E-state index in [9.17, 15) is 0 Å². The molecule has 2 bridgehead atoms. The van der Waals surface area contributed by atoms with E-state index in [1.165, 1.54) is 31.2 Å². The second kappa shape index (κ2) is 4.17. The monoisotopic (exact) mass is 216 g/mol. The average Bonchev–Trinajstić information content (AvgIpc) is 2.92. The van der Waals surface area contributed by atoms with Gasteiger partial charge in [0.15, 0.2) is 0 Å². The van der Waals surface area contributed by atoms with Gasteiger partial charge in [0.25, 0.3) is 0 Å². The third-order valence-corrected chi connectivity index (χ3v) is 4.41. The van der Waals surface area contributed by atoms with Crippen molar-refractivity contribution >= 4 is 0 Å². The second-order valence-electron chi connectivity index (χ2n) is 5.45. The average molecular weight is 216 g/mol. The minimum atomic E-state index is 0.465. The van der Waals surface area contributed by atoms with Crippen molar-refractivity contribution in [1.82, 2.24) is 10.3 Å². The van der Waals surface area contributed by atoms with Crippen molar-refractivity contribution in [3.63, 3.8) is 0 Å². The number of pyridine rings is 1. The van der Waals surface area contributed by atoms with Crippen molar-refractivity contribution in [2.75, 3.05) is 0 Å². The normalized spacial score (nSPS) is 34.2. The lowest BCUT2D eigenvalue weighted by molar-refractivity contribution is 0.327. The van der Waals surface area contributed by atoms with E-state index >= 15 is 0 Å². The van der Waals surface area contributed by atoms with Crippen LogP contribution in [0, 0.1) is 11.8 Å². The van der Waals surface area contributed by atoms with Gasteiger partial charge in [-0.25, -0.2) is 0 Å². The van der Waals surface area contributed by atoms with Crippen molar-refractivity contribution in [3.05, 3.63) is 30.1 Å². The number of rotatable bonds is 3. The third kappa shape index (κ3) is 1.86. The van der Waals surface area contributed by atoms with Crippen LogP contribution in [-0.2, 0) is 0 Å². The van der Waals surface area contributed by atoms with E-state index in [1.54, 1.807) is 0 Å². The molecule has 16 heavy (non-hydrogen) atoms. The Labute approximate surface area is 97.5 Å². The minimum absolute atomic E-state index is 0.465. The van der Waals surface area contributed by atoms with E-state index in [2.05, 4.69) is 29.4 Å². The van der Waals surface area contributed by atoms with Crippen LogP contribution >= 0.6 is 0 Å². The molecule has 0 aliphatic heterocycles. The molecule has 1 aromatic heterocycles. The lowest BCUT2D eigenvalue weighted by Gasteiger charge is -2.27. The molecule has 2 heteroatoms. The molecule has 2 fully saturated rings. The highest BCUT2D eigenvalue weighted by molar-refractivity contribution is 5.14. The van der Waals surface area contributed by atoms with E-state index in [1.807, 2.05) is 12.4 Å². The number of hydrogen-bond acceptors (Lipinski definition) is 2. The summed E-state index contributed by atoms with van der Waals surface area (Å²) >= 11 is 0. The second-order valence-corrected chi connectivity index (χ2v) is 5.45. The van der Waals surface area contributed by atoms with Gasteiger partial charge in [-0.1, -0.05) is 6.42 Å². The molecule has 2 nitrogen and oxygen atoms in total. The molecule has 4 unspecified atom stereocenters. The van der Waals surface area contributed by atoms with E-state index < -0.39 is 0 Å². The van der Waals surface area contributed by atoms with Gasteiger partial charge in [0, 0.05) is 24.5 Å². The molecule has 1 N–H and O–H groups in total. The van der Waals surface area contributed by atoms with Gasteiger partial charge in [-0.15, -0.1) is 0 Å². The van der Waals surface area contributed by atoms with Crippen molar-refractivity contribution in [1.29, 1.82) is 0 Å². The predicted molar refractivity (Wildman–Crippen MR) is 65.0 cm³/mol. The molecule has 2 aliphatic rings. The molecule has 0 radical (unpaired) electrons. The Hall–Kier alpha value is -0.890. The number of hydrogen-bond donors (Lipinski definition) is 1. The Morgan fingerprint density at radius 1 is 1.25 bits per heavy atom. The molecule has 0 amide bonds. The molecule has 86 valence electrons. The minimum Gasteiger partial charge on any atom is -0.307 e. The summed E-state index contributed by atoms with van der Waals surface area (Å²) in [5.41, 5.74) is 1.36. The van der Waals surface area contributed by atoms with E-state index in [0.29, 0.717) is 6.04 Å². The molecular formula is C14H20N2. The fraction of sp³-hybridized carbons (Fsp3) is 0.643. The number of fused-ring (bicyclic) bond motifs is 2. The van der Waals surface area contributed by atoms with Gasteiger partial charge in [0.1, 0.15) is 0 Å². The third-order valence-electron chi connectivity index (χ3n) is 4.41. The predicted octanol–water partition coefficient (Wildman–Crippen LogP) is 2.92. The summed E-state index contributed by atoms with van der Waals surface area (Å²) < 4.78 is 0.